The molecule has 0 saturated heterocycles. The Morgan fingerprint density at radius 2 is 2.18 bits per heavy atom. The van der Waals surface area contributed by atoms with Crippen LogP contribution in [0.15, 0.2) is 18.5 Å². The van der Waals surface area contributed by atoms with Crippen LogP contribution in [0.3, 0.4) is 0 Å². The maximum Gasteiger partial charge on any atom is 0.305 e. The topological polar surface area (TPSA) is 63.2 Å². The van der Waals surface area contributed by atoms with Gasteiger partial charge in [0, 0.05) is 20.0 Å². The number of anilines is 2. The zero-order valence-corrected chi connectivity index (χ0v) is 10.3. The van der Waals surface area contributed by atoms with Gasteiger partial charge < -0.3 is 15.4 Å². The first kappa shape index (κ1) is 13.3. The minimum atomic E-state index is -0.142. The van der Waals surface area contributed by atoms with Crippen LogP contribution in [0.5, 0.6) is 0 Å². The summed E-state index contributed by atoms with van der Waals surface area (Å²) in [4.78, 5) is 15.2. The molecule has 0 aliphatic heterocycles. The Hall–Kier alpha value is -1.78. The molecule has 0 atom stereocenters. The highest BCUT2D eigenvalue weighted by Gasteiger charge is 2.00. The molecule has 5 nitrogen and oxygen atoms in total. The summed E-state index contributed by atoms with van der Waals surface area (Å²) in [6, 6.07) is 1.97. The van der Waals surface area contributed by atoms with Crippen LogP contribution in [-0.4, -0.2) is 31.2 Å². The van der Waals surface area contributed by atoms with Crippen molar-refractivity contribution >= 4 is 17.3 Å². The van der Waals surface area contributed by atoms with Gasteiger partial charge in [0.05, 0.1) is 30.4 Å². The van der Waals surface area contributed by atoms with Crippen molar-refractivity contribution in [2.75, 3.05) is 30.8 Å². The molecule has 2 N–H and O–H groups in total. The van der Waals surface area contributed by atoms with Crippen LogP contribution in [0.1, 0.15) is 19.8 Å². The molecule has 1 heterocycles. The van der Waals surface area contributed by atoms with Crippen molar-refractivity contribution in [2.24, 2.45) is 0 Å². The van der Waals surface area contributed by atoms with Gasteiger partial charge in [0.25, 0.3) is 0 Å². The smallest absolute Gasteiger partial charge is 0.305 e. The molecule has 0 radical (unpaired) electrons. The highest BCUT2D eigenvalue weighted by Crippen LogP contribution is 2.11. The molecule has 0 aliphatic rings. The second-order valence-corrected chi connectivity index (χ2v) is 3.55. The van der Waals surface area contributed by atoms with Gasteiger partial charge in [0.15, 0.2) is 0 Å². The lowest BCUT2D eigenvalue weighted by atomic mass is 10.3. The molecule has 0 aromatic carbocycles. The van der Waals surface area contributed by atoms with Crippen molar-refractivity contribution in [2.45, 2.75) is 19.8 Å². The van der Waals surface area contributed by atoms with E-state index in [4.69, 9.17) is 4.74 Å². The van der Waals surface area contributed by atoms with Gasteiger partial charge in [-0.15, -0.1) is 0 Å². The molecule has 5 heteroatoms. The standard InChI is InChI=1S/C12H19N3O2/c1-3-17-12(16)5-4-6-15-11-7-10(13-2)8-14-9-11/h7-9,13,15H,3-6H2,1-2H3. The Labute approximate surface area is 102 Å². The van der Waals surface area contributed by atoms with E-state index < -0.39 is 0 Å². The lowest BCUT2D eigenvalue weighted by Gasteiger charge is -2.07. The van der Waals surface area contributed by atoms with E-state index in [-0.39, 0.29) is 5.97 Å². The van der Waals surface area contributed by atoms with Gasteiger partial charge in [0.2, 0.25) is 0 Å². The van der Waals surface area contributed by atoms with E-state index in [1.54, 1.807) is 12.4 Å². The van der Waals surface area contributed by atoms with Crippen LogP contribution in [0.25, 0.3) is 0 Å². The highest BCUT2D eigenvalue weighted by atomic mass is 16.5. The predicted octanol–water partition coefficient (Wildman–Crippen LogP) is 1.88. The number of hydrogen-bond donors (Lipinski definition) is 2. The quantitative estimate of drug-likeness (QED) is 0.560. The van der Waals surface area contributed by atoms with E-state index >= 15 is 0 Å². The van der Waals surface area contributed by atoms with Crippen LogP contribution in [0.2, 0.25) is 0 Å². The molecule has 1 aromatic rings. The summed E-state index contributed by atoms with van der Waals surface area (Å²) < 4.78 is 4.84. The number of nitrogens with zero attached hydrogens (tertiary/aromatic N) is 1. The first-order valence-corrected chi connectivity index (χ1v) is 5.78. The van der Waals surface area contributed by atoms with Crippen LogP contribution >= 0.6 is 0 Å². The zero-order valence-electron chi connectivity index (χ0n) is 10.3. The number of ether oxygens (including phenoxy) is 1. The number of carbonyl (C=O) groups excluding carboxylic acids is 1. The van der Waals surface area contributed by atoms with Crippen LogP contribution < -0.4 is 10.6 Å². The van der Waals surface area contributed by atoms with E-state index in [1.165, 1.54) is 0 Å². The van der Waals surface area contributed by atoms with Gasteiger partial charge in [-0.25, -0.2) is 0 Å². The van der Waals surface area contributed by atoms with E-state index in [2.05, 4.69) is 15.6 Å². The van der Waals surface area contributed by atoms with Crippen molar-refractivity contribution in [1.82, 2.24) is 4.98 Å². The molecular formula is C12H19N3O2. The molecule has 17 heavy (non-hydrogen) atoms. The summed E-state index contributed by atoms with van der Waals surface area (Å²) in [5, 5.41) is 6.22. The van der Waals surface area contributed by atoms with Crippen LogP contribution in [-0.2, 0) is 9.53 Å². The van der Waals surface area contributed by atoms with Gasteiger partial charge in [-0.3, -0.25) is 9.78 Å². The van der Waals surface area contributed by atoms with E-state index in [1.807, 2.05) is 20.0 Å². The largest absolute Gasteiger partial charge is 0.466 e. The molecule has 0 aliphatic carbocycles. The summed E-state index contributed by atoms with van der Waals surface area (Å²) in [7, 11) is 1.85. The summed E-state index contributed by atoms with van der Waals surface area (Å²) in [6.07, 6.45) is 4.71. The third-order valence-electron chi connectivity index (χ3n) is 2.22. The van der Waals surface area contributed by atoms with Gasteiger partial charge >= 0.3 is 5.97 Å². The molecule has 0 amide bonds. The average Bonchev–Trinajstić information content (AvgIpc) is 2.35. The Balaban J connectivity index is 2.24. The van der Waals surface area contributed by atoms with E-state index in [0.29, 0.717) is 13.0 Å². The predicted molar refractivity (Wildman–Crippen MR) is 68.1 cm³/mol. The fourth-order valence-electron chi connectivity index (χ4n) is 1.37. The summed E-state index contributed by atoms with van der Waals surface area (Å²) in [5.74, 6) is -0.142. The molecule has 0 saturated carbocycles. The number of rotatable bonds is 7. The van der Waals surface area contributed by atoms with Crippen LogP contribution in [0.4, 0.5) is 11.4 Å². The Morgan fingerprint density at radius 3 is 2.88 bits per heavy atom. The lowest BCUT2D eigenvalue weighted by Crippen LogP contribution is -2.08. The molecule has 1 rings (SSSR count). The Bertz CT molecular complexity index is 355. The molecule has 0 bridgehead atoms. The fourth-order valence-corrected chi connectivity index (χ4v) is 1.37. The summed E-state index contributed by atoms with van der Waals surface area (Å²) >= 11 is 0. The SMILES string of the molecule is CCOC(=O)CCCNc1cncc(NC)c1. The zero-order chi connectivity index (χ0) is 12.5. The number of nitrogens with one attached hydrogen (secondary N) is 2. The van der Waals surface area contributed by atoms with E-state index in [9.17, 15) is 4.79 Å². The van der Waals surface area contributed by atoms with Gasteiger partial charge in [-0.05, 0) is 19.4 Å². The number of pyridine rings is 1. The lowest BCUT2D eigenvalue weighted by molar-refractivity contribution is -0.143. The third kappa shape index (κ3) is 5.19. The molecule has 0 fully saturated rings. The second-order valence-electron chi connectivity index (χ2n) is 3.55. The first-order chi connectivity index (χ1) is 8.26. The van der Waals surface area contributed by atoms with E-state index in [0.717, 1.165) is 24.3 Å². The summed E-state index contributed by atoms with van der Waals surface area (Å²) in [5.41, 5.74) is 1.90. The number of hydrogen-bond acceptors (Lipinski definition) is 5. The fraction of sp³-hybridized carbons (Fsp3) is 0.500. The van der Waals surface area contributed by atoms with Crippen molar-refractivity contribution in [3.63, 3.8) is 0 Å². The van der Waals surface area contributed by atoms with Crippen molar-refractivity contribution in [1.29, 1.82) is 0 Å². The monoisotopic (exact) mass is 237 g/mol. The molecular weight excluding hydrogens is 218 g/mol. The van der Waals surface area contributed by atoms with Gasteiger partial charge in [0.1, 0.15) is 0 Å². The highest BCUT2D eigenvalue weighted by molar-refractivity contribution is 5.69. The summed E-state index contributed by atoms with van der Waals surface area (Å²) in [6.45, 7) is 2.99. The molecule has 94 valence electrons. The maximum absolute atomic E-state index is 11.1. The minimum absolute atomic E-state index is 0.142. The van der Waals surface area contributed by atoms with Crippen molar-refractivity contribution in [3.8, 4) is 0 Å². The third-order valence-corrected chi connectivity index (χ3v) is 2.22. The van der Waals surface area contributed by atoms with Gasteiger partial charge in [-0.2, -0.15) is 0 Å². The van der Waals surface area contributed by atoms with Crippen molar-refractivity contribution < 1.29 is 9.53 Å². The average molecular weight is 237 g/mol. The molecule has 0 spiro atoms. The van der Waals surface area contributed by atoms with Crippen molar-refractivity contribution in [3.05, 3.63) is 18.5 Å². The number of aromatic nitrogens is 1. The molecule has 0 unspecified atom stereocenters. The van der Waals surface area contributed by atoms with Crippen LogP contribution in [0, 0.1) is 0 Å². The maximum atomic E-state index is 11.1. The normalized spacial score (nSPS) is 9.76. The second kappa shape index (κ2) is 7.49. The minimum Gasteiger partial charge on any atom is -0.466 e. The number of carbonyl (C=O) groups is 1. The van der Waals surface area contributed by atoms with Gasteiger partial charge in [-0.1, -0.05) is 0 Å². The number of esters is 1. The first-order valence-electron chi connectivity index (χ1n) is 5.78. The Kier molecular flexibility index (Phi) is 5.85. The Morgan fingerprint density at radius 1 is 1.41 bits per heavy atom. The molecule has 1 aromatic heterocycles.